The summed E-state index contributed by atoms with van der Waals surface area (Å²) in [4.78, 5) is 8.93. The molecule has 0 radical (unpaired) electrons. The van der Waals surface area contributed by atoms with Crippen molar-refractivity contribution >= 4 is 15.8 Å². The zero-order valence-corrected chi connectivity index (χ0v) is 27.1. The Labute approximate surface area is 277 Å². The van der Waals surface area contributed by atoms with Crippen LogP contribution in [0.5, 0.6) is 23.1 Å². The molecule has 0 amide bonds. The third-order valence-corrected chi connectivity index (χ3v) is 6.97. The van der Waals surface area contributed by atoms with Crippen molar-refractivity contribution in [1.82, 2.24) is 9.97 Å². The molecule has 1 aromatic heterocycles. The number of hydrogen-bond donors (Lipinski definition) is 1. The minimum atomic E-state index is -4.22. The summed E-state index contributed by atoms with van der Waals surface area (Å²) in [5.41, 5.74) is 1.44. The van der Waals surface area contributed by atoms with Crippen LogP contribution in [0.3, 0.4) is 0 Å². The zero-order chi connectivity index (χ0) is 28.0. The molecular weight excluding hydrogens is 557 g/mol. The number of aliphatic hydroxyl groups is 1. The van der Waals surface area contributed by atoms with E-state index in [1.807, 2.05) is 26.8 Å². The number of aromatic nitrogens is 2. The summed E-state index contributed by atoms with van der Waals surface area (Å²) in [6, 6.07) is 22.4. The van der Waals surface area contributed by atoms with Crippen LogP contribution >= 0.6 is 0 Å². The third-order valence-electron chi connectivity index (χ3n) is 5.68. The molecule has 0 saturated carbocycles. The van der Waals surface area contributed by atoms with E-state index in [2.05, 4.69) is 14.7 Å². The van der Waals surface area contributed by atoms with Crippen molar-refractivity contribution in [2.45, 2.75) is 31.1 Å². The SMILES string of the molecule is COc1ccccc1Oc1c([N-]S(=O)(=O)c2ccc(C(C)(C)C)cc2)nc(-c2ccccc2)nc1OCCO.[K+]. The molecule has 4 rings (SSSR count). The van der Waals surface area contributed by atoms with Crippen molar-refractivity contribution in [1.29, 1.82) is 0 Å². The molecule has 0 saturated heterocycles. The van der Waals surface area contributed by atoms with Gasteiger partial charge in [0.25, 0.3) is 5.88 Å². The van der Waals surface area contributed by atoms with Gasteiger partial charge in [0, 0.05) is 5.82 Å². The Morgan fingerprint density at radius 1 is 0.875 bits per heavy atom. The van der Waals surface area contributed by atoms with E-state index in [-0.39, 0.29) is 104 Å². The number of hydrogen-bond acceptors (Lipinski definition) is 8. The number of aliphatic hydroxyl groups excluding tert-OH is 1. The summed E-state index contributed by atoms with van der Waals surface area (Å²) < 4.78 is 48.2. The number of nitrogens with zero attached hydrogens (tertiary/aromatic N) is 3. The number of methoxy groups -OCH3 is 1. The van der Waals surface area contributed by atoms with Crippen LogP contribution in [0, 0.1) is 0 Å². The van der Waals surface area contributed by atoms with Gasteiger partial charge in [-0.15, -0.1) is 0 Å². The van der Waals surface area contributed by atoms with Crippen LogP contribution in [0.15, 0.2) is 83.8 Å². The van der Waals surface area contributed by atoms with Gasteiger partial charge in [0.05, 0.1) is 24.4 Å². The minimum absolute atomic E-state index is 0. The summed E-state index contributed by atoms with van der Waals surface area (Å²) >= 11 is 0. The van der Waals surface area contributed by atoms with Gasteiger partial charge >= 0.3 is 51.4 Å². The van der Waals surface area contributed by atoms with Crippen molar-refractivity contribution in [3.05, 3.63) is 89.1 Å². The smallest absolute Gasteiger partial charge is 0.493 e. The molecule has 9 nitrogen and oxygen atoms in total. The van der Waals surface area contributed by atoms with Gasteiger partial charge in [0.15, 0.2) is 17.2 Å². The minimum Gasteiger partial charge on any atom is -0.493 e. The topological polar surface area (TPSA) is 122 Å². The predicted molar refractivity (Wildman–Crippen MR) is 148 cm³/mol. The number of rotatable bonds is 10. The summed E-state index contributed by atoms with van der Waals surface area (Å²) in [5.74, 6) is 0.358. The summed E-state index contributed by atoms with van der Waals surface area (Å²) in [6.45, 7) is 5.71. The first-order valence-corrected chi connectivity index (χ1v) is 13.7. The van der Waals surface area contributed by atoms with E-state index < -0.39 is 10.0 Å². The Hall–Kier alpha value is -2.51. The van der Waals surface area contributed by atoms with Gasteiger partial charge in [-0.25, -0.2) is 13.4 Å². The molecule has 11 heteroatoms. The Balaban J connectivity index is 0.00000441. The summed E-state index contributed by atoms with van der Waals surface area (Å²) in [7, 11) is -2.74. The molecule has 1 heterocycles. The molecule has 3 aromatic carbocycles. The fraction of sp³-hybridized carbons (Fsp3) is 0.241. The first-order chi connectivity index (χ1) is 18.6. The molecule has 40 heavy (non-hydrogen) atoms. The van der Waals surface area contributed by atoms with Gasteiger partial charge in [-0.3, -0.25) is 0 Å². The zero-order valence-electron chi connectivity index (χ0n) is 23.2. The second kappa shape index (κ2) is 13.9. The van der Waals surface area contributed by atoms with Crippen LogP contribution < -0.4 is 65.6 Å². The van der Waals surface area contributed by atoms with E-state index in [9.17, 15) is 13.5 Å². The Kier molecular flexibility index (Phi) is 11.1. The van der Waals surface area contributed by atoms with Crippen molar-refractivity contribution < 1.29 is 79.1 Å². The van der Waals surface area contributed by atoms with E-state index >= 15 is 0 Å². The maximum atomic E-state index is 13.5. The van der Waals surface area contributed by atoms with E-state index in [1.165, 1.54) is 19.2 Å². The monoisotopic (exact) mass is 587 g/mol. The molecule has 1 N–H and O–H groups in total. The van der Waals surface area contributed by atoms with Crippen molar-refractivity contribution in [2.75, 3.05) is 20.3 Å². The molecule has 0 bridgehead atoms. The molecule has 0 aliphatic carbocycles. The van der Waals surface area contributed by atoms with Crippen LogP contribution in [0.25, 0.3) is 16.1 Å². The average Bonchev–Trinajstić information content (AvgIpc) is 2.93. The van der Waals surface area contributed by atoms with Gasteiger partial charge in [-0.1, -0.05) is 75.4 Å². The van der Waals surface area contributed by atoms with E-state index in [1.54, 1.807) is 60.7 Å². The second-order valence-corrected chi connectivity index (χ2v) is 11.1. The molecule has 0 atom stereocenters. The van der Waals surface area contributed by atoms with Crippen molar-refractivity contribution in [3.63, 3.8) is 0 Å². The molecule has 204 valence electrons. The maximum absolute atomic E-state index is 13.5. The first-order valence-electron chi connectivity index (χ1n) is 12.2. The van der Waals surface area contributed by atoms with Crippen LogP contribution in [0.2, 0.25) is 0 Å². The van der Waals surface area contributed by atoms with Crippen LogP contribution in [0.1, 0.15) is 26.3 Å². The van der Waals surface area contributed by atoms with Gasteiger partial charge in [0.1, 0.15) is 6.61 Å². The molecule has 0 aliphatic rings. The molecular formula is C29H30KN3O6S. The van der Waals surface area contributed by atoms with E-state index in [4.69, 9.17) is 14.2 Å². The summed E-state index contributed by atoms with van der Waals surface area (Å²) in [5, 5.41) is 9.41. The molecule has 0 unspecified atom stereocenters. The van der Waals surface area contributed by atoms with Crippen LogP contribution in [0.4, 0.5) is 5.82 Å². The second-order valence-electron chi connectivity index (χ2n) is 9.54. The quantitative estimate of drug-likeness (QED) is 0.281. The van der Waals surface area contributed by atoms with Crippen LogP contribution in [-0.4, -0.2) is 43.8 Å². The third kappa shape index (κ3) is 7.82. The molecule has 0 fully saturated rings. The van der Waals surface area contributed by atoms with Gasteiger partial charge < -0.3 is 29.0 Å². The largest absolute Gasteiger partial charge is 1.00 e. The van der Waals surface area contributed by atoms with Gasteiger partial charge in [-0.05, 0) is 40.8 Å². The fourth-order valence-corrected chi connectivity index (χ4v) is 4.57. The Morgan fingerprint density at radius 2 is 1.50 bits per heavy atom. The van der Waals surface area contributed by atoms with Crippen molar-refractivity contribution in [2.24, 2.45) is 0 Å². The number of sulfonamides is 1. The van der Waals surface area contributed by atoms with Gasteiger partial charge in [0.2, 0.25) is 10.0 Å². The molecule has 4 aromatic rings. The molecule has 0 spiro atoms. The number of para-hydroxylation sites is 2. The fourth-order valence-electron chi connectivity index (χ4n) is 3.63. The number of ether oxygens (including phenoxy) is 3. The van der Waals surface area contributed by atoms with Gasteiger partial charge in [-0.2, -0.15) is 0 Å². The van der Waals surface area contributed by atoms with Crippen LogP contribution in [-0.2, 0) is 15.4 Å². The normalized spacial score (nSPS) is 11.3. The standard InChI is InChI=1S/C29H30N3O6S.K/c1-29(2,3)21-14-16-22(17-15-21)39(34,35)32-27-25(38-24-13-9-8-12-23(24)36-4)28(37-19-18-33)31-26(30-27)20-10-6-5-7-11-20;/h5-17,33H,18-19H2,1-4H3;/q-1;+1. The average molecular weight is 588 g/mol. The molecule has 0 aliphatic heterocycles. The van der Waals surface area contributed by atoms with E-state index in [0.29, 0.717) is 11.3 Å². The maximum Gasteiger partial charge on any atom is 1.00 e. The first kappa shape index (κ1) is 32.0. The Morgan fingerprint density at radius 3 is 2.10 bits per heavy atom. The number of benzene rings is 3. The Bertz CT molecular complexity index is 1530. The predicted octanol–water partition coefficient (Wildman–Crippen LogP) is 3.01. The van der Waals surface area contributed by atoms with E-state index in [0.717, 1.165) is 5.56 Å². The summed E-state index contributed by atoms with van der Waals surface area (Å²) in [6.07, 6.45) is 0. The van der Waals surface area contributed by atoms with Crippen molar-refractivity contribution in [3.8, 4) is 34.5 Å².